The molecule has 0 aromatic heterocycles. The Kier molecular flexibility index (Phi) is 7.23. The van der Waals surface area contributed by atoms with Crippen LogP contribution in [0, 0.1) is 0 Å². The van der Waals surface area contributed by atoms with Gasteiger partial charge in [0.1, 0.15) is 11.3 Å². The molecule has 0 bridgehead atoms. The minimum Gasteiger partial charge on any atom is -0.496 e. The van der Waals surface area contributed by atoms with Gasteiger partial charge in [-0.25, -0.2) is 13.2 Å². The molecule has 0 spiro atoms. The molecule has 2 heterocycles. The van der Waals surface area contributed by atoms with E-state index in [1.165, 1.54) is 29.6 Å². The number of methoxy groups -OCH3 is 1. The zero-order chi connectivity index (χ0) is 24.1. The van der Waals surface area contributed by atoms with Crippen LogP contribution < -0.4 is 19.5 Å². The van der Waals surface area contributed by atoms with Gasteiger partial charge in [-0.1, -0.05) is 12.8 Å². The Balaban J connectivity index is 1.44. The van der Waals surface area contributed by atoms with E-state index in [2.05, 4.69) is 5.32 Å². The molecule has 0 unspecified atom stereocenters. The summed E-state index contributed by atoms with van der Waals surface area (Å²) >= 11 is 0. The van der Waals surface area contributed by atoms with Crippen LogP contribution in [-0.2, 0) is 19.6 Å². The Bertz CT molecular complexity index is 1170. The summed E-state index contributed by atoms with van der Waals surface area (Å²) < 4.78 is 48.5. The van der Waals surface area contributed by atoms with Gasteiger partial charge in [-0.2, -0.15) is 4.31 Å². The number of hydrogen-bond donors (Lipinski definition) is 1. The van der Waals surface area contributed by atoms with Gasteiger partial charge in [0.05, 0.1) is 12.0 Å². The summed E-state index contributed by atoms with van der Waals surface area (Å²) in [7, 11) is -2.41. The number of carbonyl (C=O) groups is 2. The first kappa shape index (κ1) is 23.8. The molecule has 0 atom stereocenters. The smallest absolute Gasteiger partial charge is 0.342 e. The van der Waals surface area contributed by atoms with E-state index in [1.807, 2.05) is 0 Å². The maximum absolute atomic E-state index is 13.1. The zero-order valence-electron chi connectivity index (χ0n) is 18.7. The molecule has 2 aromatic carbocycles. The summed E-state index contributed by atoms with van der Waals surface area (Å²) in [5.74, 6) is -0.213. The molecule has 0 saturated carbocycles. The normalized spacial score (nSPS) is 15.9. The molecular weight excluding hydrogens is 464 g/mol. The summed E-state index contributed by atoms with van der Waals surface area (Å²) in [6, 6.07) is 8.94. The Morgan fingerprint density at radius 3 is 2.47 bits per heavy atom. The number of carbonyl (C=O) groups excluding carboxylic acids is 2. The summed E-state index contributed by atoms with van der Waals surface area (Å²) in [4.78, 5) is 25.0. The highest BCUT2D eigenvalue weighted by Gasteiger charge is 2.27. The van der Waals surface area contributed by atoms with Gasteiger partial charge in [0.25, 0.3) is 5.91 Å². The number of ether oxygens (including phenoxy) is 4. The third-order valence-electron chi connectivity index (χ3n) is 5.58. The minimum atomic E-state index is -3.77. The number of amides is 1. The summed E-state index contributed by atoms with van der Waals surface area (Å²) in [5, 5.41) is 2.61. The van der Waals surface area contributed by atoms with E-state index in [1.54, 1.807) is 18.2 Å². The average molecular weight is 491 g/mol. The highest BCUT2D eigenvalue weighted by atomic mass is 32.2. The molecule has 2 aliphatic rings. The van der Waals surface area contributed by atoms with Crippen LogP contribution in [0.4, 0.5) is 5.69 Å². The van der Waals surface area contributed by atoms with Crippen LogP contribution in [0.1, 0.15) is 36.0 Å². The standard InChI is InChI=1S/C23H26N2O8S/c1-30-19-9-7-17(34(28,29)25-10-4-2-3-5-11-25)13-18(19)23(27)31-14-22(26)24-16-6-8-20-21(12-16)33-15-32-20/h6-9,12-13H,2-5,10-11,14-15H2,1H3,(H,24,26). The molecule has 4 rings (SSSR count). The Labute approximate surface area is 197 Å². The number of nitrogens with zero attached hydrogens (tertiary/aromatic N) is 1. The number of rotatable bonds is 7. The lowest BCUT2D eigenvalue weighted by Gasteiger charge is -2.20. The lowest BCUT2D eigenvalue weighted by atomic mass is 10.2. The van der Waals surface area contributed by atoms with Crippen molar-refractivity contribution in [1.29, 1.82) is 0 Å². The highest BCUT2D eigenvalue weighted by Crippen LogP contribution is 2.34. The quantitative estimate of drug-likeness (QED) is 0.589. The molecule has 2 aromatic rings. The molecule has 1 N–H and O–H groups in total. The van der Waals surface area contributed by atoms with Gasteiger partial charge in [0.15, 0.2) is 18.1 Å². The molecule has 0 radical (unpaired) electrons. The van der Waals surface area contributed by atoms with Crippen LogP contribution in [0.3, 0.4) is 0 Å². The first-order chi connectivity index (χ1) is 16.4. The lowest BCUT2D eigenvalue weighted by molar-refractivity contribution is -0.119. The molecule has 182 valence electrons. The van der Waals surface area contributed by atoms with Crippen molar-refractivity contribution in [2.75, 3.05) is 38.9 Å². The van der Waals surface area contributed by atoms with E-state index < -0.39 is 28.5 Å². The van der Waals surface area contributed by atoms with E-state index in [9.17, 15) is 18.0 Å². The van der Waals surface area contributed by atoms with E-state index in [4.69, 9.17) is 18.9 Å². The topological polar surface area (TPSA) is 120 Å². The van der Waals surface area contributed by atoms with Gasteiger partial charge < -0.3 is 24.3 Å². The first-order valence-electron chi connectivity index (χ1n) is 10.9. The molecule has 1 amide bonds. The second-order valence-electron chi connectivity index (χ2n) is 7.87. The zero-order valence-corrected chi connectivity index (χ0v) is 19.6. The largest absolute Gasteiger partial charge is 0.496 e. The predicted molar refractivity (Wildman–Crippen MR) is 122 cm³/mol. The van der Waals surface area contributed by atoms with Crippen LogP contribution in [0.25, 0.3) is 0 Å². The van der Waals surface area contributed by atoms with Crippen molar-refractivity contribution in [2.24, 2.45) is 0 Å². The van der Waals surface area contributed by atoms with Crippen molar-refractivity contribution in [1.82, 2.24) is 4.31 Å². The maximum atomic E-state index is 13.1. The van der Waals surface area contributed by atoms with Gasteiger partial charge in [-0.3, -0.25) is 4.79 Å². The summed E-state index contributed by atoms with van der Waals surface area (Å²) in [6.45, 7) is 0.417. The molecular formula is C23H26N2O8S. The summed E-state index contributed by atoms with van der Waals surface area (Å²) in [6.07, 6.45) is 3.56. The fourth-order valence-electron chi connectivity index (χ4n) is 3.82. The number of sulfonamides is 1. The van der Waals surface area contributed by atoms with Crippen LogP contribution in [0.15, 0.2) is 41.3 Å². The van der Waals surface area contributed by atoms with Crippen molar-refractivity contribution in [3.8, 4) is 17.2 Å². The van der Waals surface area contributed by atoms with Crippen molar-refractivity contribution in [3.05, 3.63) is 42.0 Å². The molecule has 1 fully saturated rings. The van der Waals surface area contributed by atoms with Crippen molar-refractivity contribution < 1.29 is 37.0 Å². The van der Waals surface area contributed by atoms with Gasteiger partial charge in [0.2, 0.25) is 16.8 Å². The Hall–Kier alpha value is -3.31. The predicted octanol–water partition coefficient (Wildman–Crippen LogP) is 2.78. The monoisotopic (exact) mass is 490 g/mol. The van der Waals surface area contributed by atoms with Crippen LogP contribution in [0.2, 0.25) is 0 Å². The Morgan fingerprint density at radius 2 is 1.74 bits per heavy atom. The second kappa shape index (κ2) is 10.3. The van der Waals surface area contributed by atoms with E-state index in [-0.39, 0.29) is 23.0 Å². The lowest BCUT2D eigenvalue weighted by Crippen LogP contribution is -2.32. The fourth-order valence-corrected chi connectivity index (χ4v) is 5.36. The number of fused-ring (bicyclic) bond motifs is 1. The third-order valence-corrected chi connectivity index (χ3v) is 7.48. The second-order valence-corrected chi connectivity index (χ2v) is 9.81. The SMILES string of the molecule is COc1ccc(S(=O)(=O)N2CCCCCC2)cc1C(=O)OCC(=O)Nc1ccc2c(c1)OCO2. The van der Waals surface area contributed by atoms with Gasteiger partial charge in [-0.15, -0.1) is 0 Å². The van der Waals surface area contributed by atoms with Crippen molar-refractivity contribution in [3.63, 3.8) is 0 Å². The van der Waals surface area contributed by atoms with Gasteiger partial charge >= 0.3 is 5.97 Å². The summed E-state index contributed by atoms with van der Waals surface area (Å²) in [5.41, 5.74) is 0.377. The average Bonchev–Trinajstić information content (AvgIpc) is 3.12. The number of benzene rings is 2. The first-order valence-corrected chi connectivity index (χ1v) is 12.4. The molecule has 10 nitrogen and oxygen atoms in total. The Morgan fingerprint density at radius 1 is 1.00 bits per heavy atom. The molecule has 34 heavy (non-hydrogen) atoms. The van der Waals surface area contributed by atoms with E-state index in [0.29, 0.717) is 30.3 Å². The molecule has 11 heteroatoms. The van der Waals surface area contributed by atoms with Crippen molar-refractivity contribution in [2.45, 2.75) is 30.6 Å². The van der Waals surface area contributed by atoms with Gasteiger partial charge in [-0.05, 0) is 43.2 Å². The van der Waals surface area contributed by atoms with Crippen molar-refractivity contribution >= 4 is 27.6 Å². The van der Waals surface area contributed by atoms with E-state index >= 15 is 0 Å². The van der Waals surface area contributed by atoms with Crippen LogP contribution >= 0.6 is 0 Å². The number of esters is 1. The van der Waals surface area contributed by atoms with Gasteiger partial charge in [0, 0.05) is 24.8 Å². The molecule has 1 saturated heterocycles. The van der Waals surface area contributed by atoms with Crippen LogP contribution in [0.5, 0.6) is 17.2 Å². The van der Waals surface area contributed by atoms with Crippen LogP contribution in [-0.4, -0.2) is 58.2 Å². The number of hydrogen-bond acceptors (Lipinski definition) is 8. The number of anilines is 1. The molecule has 0 aliphatic carbocycles. The van der Waals surface area contributed by atoms with E-state index in [0.717, 1.165) is 25.7 Å². The maximum Gasteiger partial charge on any atom is 0.342 e. The fraction of sp³-hybridized carbons (Fsp3) is 0.391. The number of nitrogens with one attached hydrogen (secondary N) is 1. The molecule has 2 aliphatic heterocycles. The third kappa shape index (κ3) is 5.26. The highest BCUT2D eigenvalue weighted by molar-refractivity contribution is 7.89. The minimum absolute atomic E-state index is 0.0213.